The summed E-state index contributed by atoms with van der Waals surface area (Å²) in [5, 5.41) is 0. The van der Waals surface area contributed by atoms with Gasteiger partial charge in [0.05, 0.1) is 10.8 Å². The van der Waals surface area contributed by atoms with Crippen LogP contribution in [-0.4, -0.2) is 0 Å². The molecule has 2 aliphatic rings. The van der Waals surface area contributed by atoms with Crippen molar-refractivity contribution in [2.24, 2.45) is 0 Å². The molecule has 0 bridgehead atoms. The average molecular weight is 992 g/mol. The van der Waals surface area contributed by atoms with Gasteiger partial charge in [-0.05, 0) is 159 Å². The first-order chi connectivity index (χ1) is 36.1. The lowest BCUT2D eigenvalue weighted by atomic mass is 9.66. The fourth-order valence-electron chi connectivity index (χ4n) is 12.8. The van der Waals surface area contributed by atoms with Gasteiger partial charge < -0.3 is 4.90 Å². The Kier molecular flexibility index (Phi) is 12.4. The minimum atomic E-state index is -0.585. The van der Waals surface area contributed by atoms with Gasteiger partial charge in [-0.15, -0.1) is 0 Å². The van der Waals surface area contributed by atoms with E-state index >= 15 is 0 Å². The first-order valence-electron chi connectivity index (χ1n) is 28.0. The van der Waals surface area contributed by atoms with Gasteiger partial charge in [0.2, 0.25) is 0 Å². The van der Waals surface area contributed by atoms with E-state index < -0.39 is 10.8 Å². The molecule has 11 rings (SSSR count). The molecule has 1 nitrogen and oxygen atoms in total. The van der Waals surface area contributed by atoms with E-state index in [1.807, 2.05) is 0 Å². The number of nitrogens with zero attached hydrogens (tertiary/aromatic N) is 1. The van der Waals surface area contributed by atoms with Crippen molar-refractivity contribution < 1.29 is 0 Å². The van der Waals surface area contributed by atoms with Crippen molar-refractivity contribution in [1.82, 2.24) is 0 Å². The Hall–Kier alpha value is -7.22. The second kappa shape index (κ2) is 18.5. The molecule has 0 aliphatic heterocycles. The topological polar surface area (TPSA) is 3.24 Å². The van der Waals surface area contributed by atoms with E-state index in [-0.39, 0.29) is 21.7 Å². The summed E-state index contributed by atoms with van der Waals surface area (Å²) in [7, 11) is 0. The SMILES string of the molecule is CCCc1ccc(N(c2ccc3c(c2)C(c2ccc(C(C)(C)C)cc2)(c2ccc(C(C)(C)C)cc2)c2ccccc2-3)c2ccc3c(c2)C(c2ccc(C(C)(C)C)cc2)(c2ccc(C(C)(C)C)cc2)c2ccccc2-3)cc1. The largest absolute Gasteiger partial charge is 0.310 e. The first-order valence-corrected chi connectivity index (χ1v) is 28.0. The smallest absolute Gasteiger partial charge is 0.0714 e. The van der Waals surface area contributed by atoms with Gasteiger partial charge in [0.25, 0.3) is 0 Å². The van der Waals surface area contributed by atoms with Crippen LogP contribution in [0.2, 0.25) is 0 Å². The number of aryl methyl sites for hydroxylation is 1. The van der Waals surface area contributed by atoms with E-state index in [2.05, 4.69) is 301 Å². The van der Waals surface area contributed by atoms with Crippen LogP contribution in [0.15, 0.2) is 206 Å². The molecular weight excluding hydrogens is 915 g/mol. The van der Waals surface area contributed by atoms with E-state index in [1.165, 1.54) is 94.6 Å². The lowest BCUT2D eigenvalue weighted by Crippen LogP contribution is -2.29. The summed E-state index contributed by atoms with van der Waals surface area (Å²) in [6.45, 7) is 30.0. The van der Waals surface area contributed by atoms with E-state index in [0.717, 1.165) is 29.9 Å². The number of hydrogen-bond donors (Lipinski definition) is 0. The minimum Gasteiger partial charge on any atom is -0.310 e. The van der Waals surface area contributed by atoms with Crippen LogP contribution in [0.1, 0.15) is 169 Å². The predicted molar refractivity (Wildman–Crippen MR) is 325 cm³/mol. The number of anilines is 3. The Balaban J connectivity index is 1.19. The third kappa shape index (κ3) is 8.37. The van der Waals surface area contributed by atoms with Crippen molar-refractivity contribution in [2.45, 2.75) is 135 Å². The quantitative estimate of drug-likeness (QED) is 0.139. The second-order valence-electron chi connectivity index (χ2n) is 26.1. The summed E-state index contributed by atoms with van der Waals surface area (Å²) in [5.74, 6) is 0. The van der Waals surface area contributed by atoms with Crippen LogP contribution in [0.4, 0.5) is 17.1 Å². The normalized spacial score (nSPS) is 14.4. The van der Waals surface area contributed by atoms with Gasteiger partial charge in [0.1, 0.15) is 0 Å². The molecule has 0 spiro atoms. The molecule has 0 fully saturated rings. The average Bonchev–Trinajstić information content (AvgIpc) is 4.01. The predicted octanol–water partition coefficient (Wildman–Crippen LogP) is 20.0. The summed E-state index contributed by atoms with van der Waals surface area (Å²) in [4.78, 5) is 2.54. The Morgan fingerprint density at radius 1 is 0.303 bits per heavy atom. The molecule has 0 saturated carbocycles. The molecule has 0 amide bonds. The standard InChI is InChI=1S/C75H77N/c1-14-19-50-24-42-59(43-25-50)76(60-44-46-64-62-20-15-17-22-66(62)74(68(64)48-60,55-34-26-51(27-35-55)70(2,3)4)56-36-28-52(29-37-56)71(5,6)7)61-45-47-65-63-21-16-18-23-67(63)75(69(65)49-61,57-38-30-53(31-39-57)72(8,9)10)58-40-32-54(33-41-58)73(11,12)13/h15-18,20-49H,14,19H2,1-13H3. The van der Waals surface area contributed by atoms with Crippen LogP contribution in [0.25, 0.3) is 22.3 Å². The van der Waals surface area contributed by atoms with E-state index in [0.29, 0.717) is 0 Å². The highest BCUT2D eigenvalue weighted by molar-refractivity contribution is 5.92. The zero-order valence-corrected chi connectivity index (χ0v) is 47.5. The van der Waals surface area contributed by atoms with Crippen molar-refractivity contribution >= 4 is 17.1 Å². The summed E-state index contributed by atoms with van der Waals surface area (Å²) in [6, 6.07) is 80.7. The van der Waals surface area contributed by atoms with Gasteiger partial charge in [-0.2, -0.15) is 0 Å². The van der Waals surface area contributed by atoms with Crippen molar-refractivity contribution in [3.8, 4) is 22.3 Å². The maximum Gasteiger partial charge on any atom is 0.0714 e. The third-order valence-electron chi connectivity index (χ3n) is 17.0. The molecule has 1 heteroatoms. The van der Waals surface area contributed by atoms with Crippen LogP contribution in [0, 0.1) is 0 Å². The molecule has 0 aromatic heterocycles. The first kappa shape index (κ1) is 50.9. The number of benzene rings is 9. The summed E-state index contributed by atoms with van der Waals surface area (Å²) >= 11 is 0. The van der Waals surface area contributed by atoms with E-state index in [1.54, 1.807) is 0 Å². The zero-order valence-electron chi connectivity index (χ0n) is 47.5. The van der Waals surface area contributed by atoms with Crippen molar-refractivity contribution in [1.29, 1.82) is 0 Å². The number of hydrogen-bond acceptors (Lipinski definition) is 1. The van der Waals surface area contributed by atoms with E-state index in [9.17, 15) is 0 Å². The molecule has 9 aromatic rings. The number of rotatable bonds is 9. The molecule has 0 heterocycles. The fraction of sp³-hybridized carbons (Fsp3) is 0.280. The molecule has 9 aromatic carbocycles. The molecule has 0 radical (unpaired) electrons. The molecular formula is C75H77N. The summed E-state index contributed by atoms with van der Waals surface area (Å²) < 4.78 is 0. The van der Waals surface area contributed by atoms with Crippen molar-refractivity contribution in [3.63, 3.8) is 0 Å². The highest BCUT2D eigenvalue weighted by Gasteiger charge is 2.49. The highest BCUT2D eigenvalue weighted by Crippen LogP contribution is 2.60. The maximum absolute atomic E-state index is 2.54. The molecule has 0 unspecified atom stereocenters. The van der Waals surface area contributed by atoms with Gasteiger partial charge in [-0.25, -0.2) is 0 Å². The highest BCUT2D eigenvalue weighted by atomic mass is 15.1. The van der Waals surface area contributed by atoms with Gasteiger partial charge in [0.15, 0.2) is 0 Å². The van der Waals surface area contributed by atoms with Gasteiger partial charge in [-0.3, -0.25) is 0 Å². The fourth-order valence-corrected chi connectivity index (χ4v) is 12.8. The minimum absolute atomic E-state index is 0.0203. The molecule has 2 aliphatic carbocycles. The summed E-state index contributed by atoms with van der Waals surface area (Å²) in [6.07, 6.45) is 2.15. The van der Waals surface area contributed by atoms with Gasteiger partial charge >= 0.3 is 0 Å². The Bertz CT molecular complexity index is 3240. The molecule has 0 saturated heterocycles. The monoisotopic (exact) mass is 992 g/mol. The Morgan fingerprint density at radius 2 is 0.592 bits per heavy atom. The van der Waals surface area contributed by atoms with E-state index in [4.69, 9.17) is 0 Å². The van der Waals surface area contributed by atoms with Crippen LogP contribution in [0.5, 0.6) is 0 Å². The zero-order chi connectivity index (χ0) is 53.6. The molecule has 382 valence electrons. The van der Waals surface area contributed by atoms with Gasteiger partial charge in [0, 0.05) is 17.1 Å². The number of fused-ring (bicyclic) bond motifs is 6. The summed E-state index contributed by atoms with van der Waals surface area (Å²) in [5.41, 5.74) is 24.4. The van der Waals surface area contributed by atoms with Gasteiger partial charge in [-0.1, -0.05) is 266 Å². The Morgan fingerprint density at radius 3 is 0.895 bits per heavy atom. The lowest BCUT2D eigenvalue weighted by molar-refractivity contribution is 0.588. The van der Waals surface area contributed by atoms with Crippen molar-refractivity contribution in [2.75, 3.05) is 4.90 Å². The maximum atomic E-state index is 2.54. The lowest BCUT2D eigenvalue weighted by Gasteiger charge is -2.36. The Labute approximate surface area is 455 Å². The third-order valence-corrected chi connectivity index (χ3v) is 17.0. The van der Waals surface area contributed by atoms with Crippen LogP contribution in [-0.2, 0) is 38.9 Å². The molecule has 0 N–H and O–H groups in total. The molecule has 0 atom stereocenters. The van der Waals surface area contributed by atoms with Crippen LogP contribution >= 0.6 is 0 Å². The van der Waals surface area contributed by atoms with Crippen molar-refractivity contribution in [3.05, 3.63) is 279 Å². The second-order valence-corrected chi connectivity index (χ2v) is 26.1. The molecule has 76 heavy (non-hydrogen) atoms. The van der Waals surface area contributed by atoms with Crippen LogP contribution < -0.4 is 4.90 Å². The van der Waals surface area contributed by atoms with Crippen LogP contribution in [0.3, 0.4) is 0 Å².